The average molecular weight is 809 g/mol. The summed E-state index contributed by atoms with van der Waals surface area (Å²) in [5.41, 5.74) is 13.2. The van der Waals surface area contributed by atoms with E-state index < -0.39 is 0 Å². The molecule has 3 aromatic heterocycles. The topological polar surface area (TPSA) is 21.3 Å². The van der Waals surface area contributed by atoms with Crippen molar-refractivity contribution in [3.05, 3.63) is 218 Å². The minimum Gasteiger partial charge on any atom is -0.455 e. The van der Waals surface area contributed by atoms with Crippen molar-refractivity contribution < 1.29 is 4.42 Å². The summed E-state index contributed by atoms with van der Waals surface area (Å²) in [7, 11) is 0. The Balaban J connectivity index is 1.03. The van der Waals surface area contributed by atoms with E-state index in [0.29, 0.717) is 0 Å². The minimum absolute atomic E-state index is 0.899. The van der Waals surface area contributed by atoms with Crippen LogP contribution in [0.3, 0.4) is 0 Å². The molecule has 0 spiro atoms. The first-order chi connectivity index (χ1) is 30.7. The Kier molecular flexibility index (Phi) is 7.78. The highest BCUT2D eigenvalue weighted by Gasteiger charge is 2.22. The molecule has 0 saturated heterocycles. The van der Waals surface area contributed by atoms with Crippen molar-refractivity contribution in [1.82, 2.24) is 4.57 Å². The van der Waals surface area contributed by atoms with E-state index in [-0.39, 0.29) is 0 Å². The summed E-state index contributed by atoms with van der Waals surface area (Å²) in [6.07, 6.45) is 0. The Labute approximate surface area is 361 Å². The van der Waals surface area contributed by atoms with Crippen LogP contribution in [0.25, 0.3) is 103 Å². The van der Waals surface area contributed by atoms with Crippen LogP contribution in [0.4, 0.5) is 17.1 Å². The van der Waals surface area contributed by atoms with Gasteiger partial charge in [-0.25, -0.2) is 0 Å². The summed E-state index contributed by atoms with van der Waals surface area (Å²) in [6, 6.07) is 79.3. The number of thiophene rings is 1. The molecule has 13 rings (SSSR count). The van der Waals surface area contributed by atoms with Crippen LogP contribution in [-0.4, -0.2) is 4.57 Å². The molecular weight excluding hydrogens is 773 g/mol. The van der Waals surface area contributed by atoms with Crippen LogP contribution >= 0.6 is 11.3 Å². The number of aromatic nitrogens is 1. The molecule has 0 unspecified atom stereocenters. The zero-order valence-corrected chi connectivity index (χ0v) is 34.3. The second-order valence-electron chi connectivity index (χ2n) is 16.0. The molecule has 3 heterocycles. The quantitative estimate of drug-likeness (QED) is 0.167. The highest BCUT2D eigenvalue weighted by atomic mass is 32.1. The Morgan fingerprint density at radius 3 is 1.87 bits per heavy atom. The predicted molar refractivity (Wildman–Crippen MR) is 264 cm³/mol. The standard InChI is InChI=1S/C58H36N2OS/c1-2-18-43-37(14-1)15-12-27-52(43)59(41-17-11-16-39(34-41)44-23-13-24-49-47-21-5-9-28-55(47)61-57(44)49)42-35-50(58-51(36-42)48-22-6-10-29-56(48)62-58)38-30-32-40(33-31-38)60-53-25-7-3-19-45(53)46-20-4-8-26-54(46)60/h1-36H. The molecule has 0 amide bonds. The predicted octanol–water partition coefficient (Wildman–Crippen LogP) is 17.0. The van der Waals surface area contributed by atoms with Gasteiger partial charge in [-0.1, -0.05) is 152 Å². The average Bonchev–Trinajstić information content (AvgIpc) is 4.02. The van der Waals surface area contributed by atoms with Gasteiger partial charge in [0.15, 0.2) is 0 Å². The minimum atomic E-state index is 0.899. The van der Waals surface area contributed by atoms with E-state index in [1.807, 2.05) is 17.4 Å². The maximum atomic E-state index is 6.57. The highest BCUT2D eigenvalue weighted by Crippen LogP contribution is 2.48. The van der Waals surface area contributed by atoms with Crippen molar-refractivity contribution in [2.75, 3.05) is 4.90 Å². The number of hydrogen-bond acceptors (Lipinski definition) is 3. The van der Waals surface area contributed by atoms with E-state index in [2.05, 4.69) is 222 Å². The van der Waals surface area contributed by atoms with Crippen LogP contribution in [0, 0.1) is 0 Å². The summed E-state index contributed by atoms with van der Waals surface area (Å²) in [6.45, 7) is 0. The third kappa shape index (κ3) is 5.37. The largest absolute Gasteiger partial charge is 0.455 e. The van der Waals surface area contributed by atoms with E-state index in [1.54, 1.807) is 0 Å². The molecule has 0 radical (unpaired) electrons. The number of hydrogen-bond donors (Lipinski definition) is 0. The van der Waals surface area contributed by atoms with E-state index in [0.717, 1.165) is 55.8 Å². The van der Waals surface area contributed by atoms with Crippen molar-refractivity contribution in [2.24, 2.45) is 0 Å². The van der Waals surface area contributed by atoms with Gasteiger partial charge in [-0.3, -0.25) is 0 Å². The number of nitrogens with zero attached hydrogens (tertiary/aromatic N) is 2. The summed E-state index contributed by atoms with van der Waals surface area (Å²) < 4.78 is 11.5. The van der Waals surface area contributed by atoms with E-state index in [1.165, 1.54) is 63.9 Å². The molecule has 0 fully saturated rings. The van der Waals surface area contributed by atoms with Gasteiger partial charge in [-0.2, -0.15) is 0 Å². The summed E-state index contributed by atoms with van der Waals surface area (Å²) in [5, 5.41) is 9.67. The monoisotopic (exact) mass is 808 g/mol. The van der Waals surface area contributed by atoms with Crippen LogP contribution in [-0.2, 0) is 0 Å². The molecule has 13 aromatic rings. The number of rotatable bonds is 6. The molecule has 10 aromatic carbocycles. The Hall–Kier alpha value is -7.92. The zero-order chi connectivity index (χ0) is 40.7. The zero-order valence-electron chi connectivity index (χ0n) is 33.5. The number of benzene rings is 10. The van der Waals surface area contributed by atoms with Gasteiger partial charge in [0.1, 0.15) is 11.2 Å². The number of furan rings is 1. The Morgan fingerprint density at radius 2 is 1.05 bits per heavy atom. The maximum absolute atomic E-state index is 6.57. The van der Waals surface area contributed by atoms with Crippen LogP contribution in [0.2, 0.25) is 0 Å². The van der Waals surface area contributed by atoms with Crippen molar-refractivity contribution in [2.45, 2.75) is 0 Å². The second-order valence-corrected chi connectivity index (χ2v) is 17.1. The number of para-hydroxylation sites is 4. The SMILES string of the molecule is c1cc(-c2cccc3c2oc2ccccc23)cc(N(c2cc(-c3ccc(-n4c5ccccc5c5ccccc54)cc3)c3sc4ccccc4c3c2)c2cccc3ccccc23)c1. The van der Waals surface area contributed by atoms with Gasteiger partial charge >= 0.3 is 0 Å². The number of anilines is 3. The molecule has 4 heteroatoms. The molecule has 290 valence electrons. The van der Waals surface area contributed by atoms with Gasteiger partial charge in [0.25, 0.3) is 0 Å². The van der Waals surface area contributed by atoms with Gasteiger partial charge in [0.2, 0.25) is 0 Å². The van der Waals surface area contributed by atoms with Gasteiger partial charge in [-0.05, 0) is 83.2 Å². The molecule has 0 bridgehead atoms. The van der Waals surface area contributed by atoms with Crippen molar-refractivity contribution in [3.63, 3.8) is 0 Å². The normalized spacial score (nSPS) is 11.9. The lowest BCUT2D eigenvalue weighted by molar-refractivity contribution is 0.670. The van der Waals surface area contributed by atoms with Gasteiger partial charge < -0.3 is 13.9 Å². The first-order valence-electron chi connectivity index (χ1n) is 21.1. The fraction of sp³-hybridized carbons (Fsp3) is 0. The molecule has 0 aliphatic carbocycles. The fourth-order valence-electron chi connectivity index (χ4n) is 9.76. The second kappa shape index (κ2) is 13.8. The molecule has 0 aliphatic rings. The first-order valence-corrected chi connectivity index (χ1v) is 21.9. The Morgan fingerprint density at radius 1 is 0.403 bits per heavy atom. The lowest BCUT2D eigenvalue weighted by Gasteiger charge is -2.28. The van der Waals surface area contributed by atoms with Crippen LogP contribution in [0.5, 0.6) is 0 Å². The van der Waals surface area contributed by atoms with Crippen molar-refractivity contribution in [3.8, 4) is 27.9 Å². The highest BCUT2D eigenvalue weighted by molar-refractivity contribution is 7.26. The lowest BCUT2D eigenvalue weighted by atomic mass is 9.98. The summed E-state index contributed by atoms with van der Waals surface area (Å²) in [5.74, 6) is 0. The lowest BCUT2D eigenvalue weighted by Crippen LogP contribution is -2.11. The molecule has 0 saturated carbocycles. The van der Waals surface area contributed by atoms with Crippen molar-refractivity contribution in [1.29, 1.82) is 0 Å². The summed E-state index contributed by atoms with van der Waals surface area (Å²) in [4.78, 5) is 2.45. The Bertz CT molecular complexity index is 3830. The summed E-state index contributed by atoms with van der Waals surface area (Å²) >= 11 is 1.87. The van der Waals surface area contributed by atoms with Crippen LogP contribution < -0.4 is 4.90 Å². The molecule has 62 heavy (non-hydrogen) atoms. The maximum Gasteiger partial charge on any atom is 0.143 e. The fourth-order valence-corrected chi connectivity index (χ4v) is 11.0. The van der Waals surface area contributed by atoms with Crippen LogP contribution in [0.15, 0.2) is 223 Å². The van der Waals surface area contributed by atoms with Crippen molar-refractivity contribution >= 4 is 103 Å². The number of fused-ring (bicyclic) bond motifs is 10. The van der Waals surface area contributed by atoms with E-state index >= 15 is 0 Å². The molecule has 3 nitrogen and oxygen atoms in total. The first kappa shape index (κ1) is 34.9. The van der Waals surface area contributed by atoms with Crippen LogP contribution in [0.1, 0.15) is 0 Å². The van der Waals surface area contributed by atoms with E-state index in [9.17, 15) is 0 Å². The third-order valence-corrected chi connectivity index (χ3v) is 13.8. The molecule has 0 atom stereocenters. The van der Waals surface area contributed by atoms with Gasteiger partial charge in [0.05, 0.1) is 16.7 Å². The molecule has 0 N–H and O–H groups in total. The third-order valence-electron chi connectivity index (χ3n) is 12.6. The van der Waals surface area contributed by atoms with Gasteiger partial charge in [0, 0.05) is 75.3 Å². The molecular formula is C58H36N2OS. The van der Waals surface area contributed by atoms with E-state index in [4.69, 9.17) is 4.42 Å². The smallest absolute Gasteiger partial charge is 0.143 e. The van der Waals surface area contributed by atoms with Gasteiger partial charge in [-0.15, -0.1) is 11.3 Å². The molecule has 0 aliphatic heterocycles.